The zero-order valence-electron chi connectivity index (χ0n) is 11.1. The Morgan fingerprint density at radius 2 is 2.11 bits per heavy atom. The van der Waals surface area contributed by atoms with E-state index in [0.29, 0.717) is 11.7 Å². The van der Waals surface area contributed by atoms with Gasteiger partial charge in [0.2, 0.25) is 11.1 Å². The van der Waals surface area contributed by atoms with Crippen molar-refractivity contribution >= 4 is 23.6 Å². The van der Waals surface area contributed by atoms with Crippen molar-refractivity contribution in [3.05, 3.63) is 0 Å². The van der Waals surface area contributed by atoms with E-state index in [1.54, 1.807) is 0 Å². The molecule has 0 radical (unpaired) electrons. The van der Waals surface area contributed by atoms with Crippen molar-refractivity contribution in [1.29, 1.82) is 0 Å². The number of thioether (sulfide) groups is 1. The third-order valence-corrected chi connectivity index (χ3v) is 2.83. The predicted molar refractivity (Wildman–Crippen MR) is 68.7 cm³/mol. The summed E-state index contributed by atoms with van der Waals surface area (Å²) in [6.45, 7) is 6.01. The van der Waals surface area contributed by atoms with Gasteiger partial charge in [0.25, 0.3) is 0 Å². The monoisotopic (exact) mass is 287 g/mol. The van der Waals surface area contributed by atoms with Crippen molar-refractivity contribution < 1.29 is 14.7 Å². The summed E-state index contributed by atoms with van der Waals surface area (Å²) in [7, 11) is 0. The zero-order valence-corrected chi connectivity index (χ0v) is 11.9. The molecule has 0 saturated heterocycles. The molecule has 106 valence electrons. The largest absolute Gasteiger partial charge is 0.481 e. The molecule has 2 N–H and O–H groups in total. The van der Waals surface area contributed by atoms with E-state index in [2.05, 4.69) is 20.8 Å². The summed E-state index contributed by atoms with van der Waals surface area (Å²) in [5.41, 5.74) is -0.279. The Hall–Kier alpha value is -1.64. The number of hydrogen-bond donors (Lipinski definition) is 2. The highest BCUT2D eigenvalue weighted by atomic mass is 32.2. The average molecular weight is 287 g/mol. The van der Waals surface area contributed by atoms with Gasteiger partial charge in [-0.2, -0.15) is 0 Å². The Morgan fingerprint density at radius 3 is 2.68 bits per heavy atom. The molecule has 1 rings (SSSR count). The van der Waals surface area contributed by atoms with Gasteiger partial charge in [0.05, 0.1) is 12.3 Å². The summed E-state index contributed by atoms with van der Waals surface area (Å²) in [6.07, 6.45) is 0.239. The van der Waals surface area contributed by atoms with Gasteiger partial charge >= 0.3 is 5.97 Å². The lowest BCUT2D eigenvalue weighted by molar-refractivity contribution is -0.134. The molecule has 0 unspecified atom stereocenters. The molecule has 0 fully saturated rings. The first-order chi connectivity index (χ1) is 8.78. The van der Waals surface area contributed by atoms with Crippen LogP contribution >= 0.6 is 11.8 Å². The quantitative estimate of drug-likeness (QED) is 0.717. The molecule has 9 heteroatoms. The van der Waals surface area contributed by atoms with Crippen molar-refractivity contribution in [2.24, 2.45) is 0 Å². The van der Waals surface area contributed by atoms with Crippen LogP contribution in [0.2, 0.25) is 0 Å². The van der Waals surface area contributed by atoms with Gasteiger partial charge in [-0.15, -0.1) is 5.10 Å². The molecule has 8 nitrogen and oxygen atoms in total. The second kappa shape index (κ2) is 6.50. The number of nitrogens with one attached hydrogen (secondary N) is 1. The number of tetrazole rings is 1. The molecule has 0 spiro atoms. The summed E-state index contributed by atoms with van der Waals surface area (Å²) in [5, 5.41) is 22.7. The van der Waals surface area contributed by atoms with E-state index < -0.39 is 5.97 Å². The lowest BCUT2D eigenvalue weighted by Gasteiger charge is -2.20. The van der Waals surface area contributed by atoms with Crippen molar-refractivity contribution in [3.63, 3.8) is 0 Å². The number of aliphatic carboxylic acids is 1. The van der Waals surface area contributed by atoms with Crippen LogP contribution in [0.4, 0.5) is 0 Å². The number of aromatic nitrogens is 4. The number of carbonyl (C=O) groups excluding carboxylic acids is 1. The number of carboxylic acid groups (broad SMARTS) is 1. The summed E-state index contributed by atoms with van der Waals surface area (Å²) in [4.78, 5) is 22.1. The minimum Gasteiger partial charge on any atom is -0.481 e. The lowest BCUT2D eigenvalue weighted by Crippen LogP contribution is -2.40. The van der Waals surface area contributed by atoms with E-state index in [4.69, 9.17) is 5.11 Å². The van der Waals surface area contributed by atoms with E-state index in [9.17, 15) is 9.59 Å². The fraction of sp³-hybridized carbons (Fsp3) is 0.700. The van der Waals surface area contributed by atoms with Crippen LogP contribution in [0.15, 0.2) is 5.16 Å². The third-order valence-electron chi connectivity index (χ3n) is 1.89. The van der Waals surface area contributed by atoms with Crippen LogP contribution in [0.25, 0.3) is 0 Å². The Kier molecular flexibility index (Phi) is 5.28. The van der Waals surface area contributed by atoms with Crippen LogP contribution in [0, 0.1) is 0 Å². The first-order valence-corrected chi connectivity index (χ1v) is 6.68. The maximum atomic E-state index is 11.6. The molecule has 0 aliphatic carbocycles. The van der Waals surface area contributed by atoms with E-state index in [1.165, 1.54) is 4.68 Å². The highest BCUT2D eigenvalue weighted by Gasteiger charge is 2.15. The fourth-order valence-electron chi connectivity index (χ4n) is 1.25. The molecule has 0 aliphatic heterocycles. The van der Waals surface area contributed by atoms with Gasteiger partial charge in [0.15, 0.2) is 0 Å². The number of hydrogen-bond acceptors (Lipinski definition) is 6. The van der Waals surface area contributed by atoms with Gasteiger partial charge in [-0.25, -0.2) is 4.68 Å². The van der Waals surface area contributed by atoms with Crippen molar-refractivity contribution in [1.82, 2.24) is 25.5 Å². The zero-order chi connectivity index (χ0) is 14.5. The number of nitrogens with zero attached hydrogens (tertiary/aromatic N) is 4. The molecule has 1 aromatic rings. The van der Waals surface area contributed by atoms with E-state index >= 15 is 0 Å². The number of amides is 1. The van der Waals surface area contributed by atoms with Gasteiger partial charge in [0.1, 0.15) is 0 Å². The summed E-state index contributed by atoms with van der Waals surface area (Å²) in [6, 6.07) is 0. The van der Waals surface area contributed by atoms with E-state index in [0.717, 1.165) is 11.8 Å². The lowest BCUT2D eigenvalue weighted by atomic mass is 10.1. The van der Waals surface area contributed by atoms with Gasteiger partial charge < -0.3 is 10.4 Å². The van der Waals surface area contributed by atoms with Crippen LogP contribution in [0.5, 0.6) is 0 Å². The van der Waals surface area contributed by atoms with Crippen molar-refractivity contribution in [2.45, 2.75) is 44.4 Å². The minimum absolute atomic E-state index is 0.0998. The van der Waals surface area contributed by atoms with Gasteiger partial charge in [0, 0.05) is 12.0 Å². The number of carbonyl (C=O) groups is 2. The standard InChI is InChI=1S/C10H17N5O3S/c1-10(2,3)11-7(16)4-5-15-9(12-13-14-15)19-6-8(17)18/h4-6H2,1-3H3,(H,11,16)(H,17,18). The normalized spacial score (nSPS) is 11.3. The van der Waals surface area contributed by atoms with Crippen LogP contribution in [-0.4, -0.2) is 48.5 Å². The third kappa shape index (κ3) is 6.18. The van der Waals surface area contributed by atoms with Crippen LogP contribution < -0.4 is 5.32 Å². The second-order valence-corrected chi connectivity index (χ2v) is 5.86. The SMILES string of the molecule is CC(C)(C)NC(=O)CCn1nnnc1SCC(=O)O. The Bertz CT molecular complexity index is 454. The maximum absolute atomic E-state index is 11.6. The summed E-state index contributed by atoms with van der Waals surface area (Å²) >= 11 is 1.02. The Balaban J connectivity index is 2.47. The second-order valence-electron chi connectivity index (χ2n) is 4.92. The van der Waals surface area contributed by atoms with Crippen molar-refractivity contribution in [3.8, 4) is 0 Å². The van der Waals surface area contributed by atoms with E-state index in [-0.39, 0.29) is 23.6 Å². The molecule has 1 aromatic heterocycles. The minimum atomic E-state index is -0.940. The van der Waals surface area contributed by atoms with Gasteiger partial charge in [-0.05, 0) is 31.2 Å². The molecule has 0 saturated carbocycles. The number of carboxylic acids is 1. The number of aryl methyl sites for hydroxylation is 1. The molecule has 1 amide bonds. The smallest absolute Gasteiger partial charge is 0.313 e. The molecule has 0 atom stereocenters. The molecular weight excluding hydrogens is 270 g/mol. The molecule has 0 bridgehead atoms. The summed E-state index contributed by atoms with van der Waals surface area (Å²) in [5.74, 6) is -1.16. The summed E-state index contributed by atoms with van der Waals surface area (Å²) < 4.78 is 1.43. The molecule has 0 aromatic carbocycles. The van der Waals surface area contributed by atoms with Gasteiger partial charge in [-0.1, -0.05) is 11.8 Å². The molecular formula is C10H17N5O3S. The highest BCUT2D eigenvalue weighted by molar-refractivity contribution is 7.99. The average Bonchev–Trinajstić information content (AvgIpc) is 2.68. The van der Waals surface area contributed by atoms with Crippen LogP contribution in [-0.2, 0) is 16.1 Å². The predicted octanol–water partition coefficient (Wildman–Crippen LogP) is 0.155. The van der Waals surface area contributed by atoms with E-state index in [1.807, 2.05) is 20.8 Å². The molecule has 19 heavy (non-hydrogen) atoms. The Labute approximate surface area is 114 Å². The number of rotatable bonds is 6. The van der Waals surface area contributed by atoms with Gasteiger partial charge in [-0.3, -0.25) is 9.59 Å². The Morgan fingerprint density at radius 1 is 1.42 bits per heavy atom. The topological polar surface area (TPSA) is 110 Å². The molecule has 0 aliphatic rings. The maximum Gasteiger partial charge on any atom is 0.313 e. The van der Waals surface area contributed by atoms with Crippen LogP contribution in [0.3, 0.4) is 0 Å². The molecule has 1 heterocycles. The van der Waals surface area contributed by atoms with Crippen molar-refractivity contribution in [2.75, 3.05) is 5.75 Å². The highest BCUT2D eigenvalue weighted by Crippen LogP contribution is 2.13. The first kappa shape index (κ1) is 15.4. The fourth-order valence-corrected chi connectivity index (χ4v) is 1.88. The first-order valence-electron chi connectivity index (χ1n) is 5.70. The van der Waals surface area contributed by atoms with Crippen LogP contribution in [0.1, 0.15) is 27.2 Å².